The lowest BCUT2D eigenvalue weighted by atomic mass is 10.0. The Morgan fingerprint density at radius 1 is 1.30 bits per heavy atom. The number of carboxylic acid groups (broad SMARTS) is 1. The predicted octanol–water partition coefficient (Wildman–Crippen LogP) is 0.614. The molecule has 2 aliphatic rings. The van der Waals surface area contributed by atoms with Crippen LogP contribution in [0.1, 0.15) is 39.0 Å². The second-order valence-electron chi connectivity index (χ2n) is 5.73. The molecule has 2 fully saturated rings. The van der Waals surface area contributed by atoms with Crippen molar-refractivity contribution in [2.45, 2.75) is 45.1 Å². The number of piperidine rings is 1. The number of nitrogens with zero attached hydrogens (tertiary/aromatic N) is 1. The molecular formula is C14H22N2O4. The van der Waals surface area contributed by atoms with Gasteiger partial charge in [-0.1, -0.05) is 6.92 Å². The Hall–Kier alpha value is -1.59. The molecule has 2 amide bonds. The molecule has 1 saturated heterocycles. The Morgan fingerprint density at radius 2 is 2.05 bits per heavy atom. The highest BCUT2D eigenvalue weighted by atomic mass is 16.4. The molecule has 3 unspecified atom stereocenters. The number of carbonyl (C=O) groups excluding carboxylic acids is 2. The molecule has 112 valence electrons. The van der Waals surface area contributed by atoms with Gasteiger partial charge in [0.15, 0.2) is 0 Å². The lowest BCUT2D eigenvalue weighted by molar-refractivity contribution is -0.142. The third-order valence-electron chi connectivity index (χ3n) is 4.00. The Labute approximate surface area is 118 Å². The first kappa shape index (κ1) is 14.8. The molecule has 1 aliphatic carbocycles. The Bertz CT molecular complexity index is 410. The number of hydrogen-bond donors (Lipinski definition) is 2. The van der Waals surface area contributed by atoms with E-state index < -0.39 is 11.9 Å². The van der Waals surface area contributed by atoms with Crippen LogP contribution in [0.5, 0.6) is 0 Å². The molecule has 3 atom stereocenters. The third kappa shape index (κ3) is 3.49. The molecule has 20 heavy (non-hydrogen) atoms. The van der Waals surface area contributed by atoms with Crippen molar-refractivity contribution in [1.82, 2.24) is 10.2 Å². The summed E-state index contributed by atoms with van der Waals surface area (Å²) >= 11 is 0. The van der Waals surface area contributed by atoms with Crippen molar-refractivity contribution in [2.24, 2.45) is 11.8 Å². The number of likely N-dealkylation sites (tertiary alicyclic amines) is 1. The summed E-state index contributed by atoms with van der Waals surface area (Å²) < 4.78 is 0. The van der Waals surface area contributed by atoms with Crippen molar-refractivity contribution in [2.75, 3.05) is 13.1 Å². The highest BCUT2D eigenvalue weighted by Gasteiger charge is 2.50. The second kappa shape index (κ2) is 6.24. The van der Waals surface area contributed by atoms with Crippen molar-refractivity contribution >= 4 is 17.8 Å². The van der Waals surface area contributed by atoms with Gasteiger partial charge in [0.1, 0.15) is 0 Å². The minimum atomic E-state index is -0.881. The average Bonchev–Trinajstić information content (AvgIpc) is 3.18. The van der Waals surface area contributed by atoms with E-state index in [2.05, 4.69) is 5.32 Å². The summed E-state index contributed by atoms with van der Waals surface area (Å²) in [6, 6.07) is 0.00813. The van der Waals surface area contributed by atoms with Crippen LogP contribution >= 0.6 is 0 Å². The maximum absolute atomic E-state index is 12.2. The standard InChI is InChI=1S/C14H22N2O4/c1-2-4-12(17)15-9-5-3-6-16(8-9)13(18)10-7-11(10)14(19)20/h9-11H,2-8H2,1H3,(H,15,17)(H,19,20). The van der Waals surface area contributed by atoms with Crippen LogP contribution in [0.3, 0.4) is 0 Å². The lowest BCUT2D eigenvalue weighted by Crippen LogP contribution is -2.50. The summed E-state index contributed by atoms with van der Waals surface area (Å²) in [5.74, 6) is -1.77. The van der Waals surface area contributed by atoms with Gasteiger partial charge in [-0.05, 0) is 25.7 Å². The molecule has 2 N–H and O–H groups in total. The summed E-state index contributed by atoms with van der Waals surface area (Å²) in [6.45, 7) is 3.13. The van der Waals surface area contributed by atoms with E-state index in [1.54, 1.807) is 4.90 Å². The summed E-state index contributed by atoms with van der Waals surface area (Å²) in [6.07, 6.45) is 3.51. The monoisotopic (exact) mass is 282 g/mol. The van der Waals surface area contributed by atoms with Crippen LogP contribution in [0.2, 0.25) is 0 Å². The van der Waals surface area contributed by atoms with Gasteiger partial charge in [0.05, 0.1) is 11.8 Å². The Morgan fingerprint density at radius 3 is 2.65 bits per heavy atom. The van der Waals surface area contributed by atoms with Crippen LogP contribution in [0.25, 0.3) is 0 Å². The molecule has 0 aromatic heterocycles. The van der Waals surface area contributed by atoms with Gasteiger partial charge in [0.25, 0.3) is 0 Å². The lowest BCUT2D eigenvalue weighted by Gasteiger charge is -2.33. The van der Waals surface area contributed by atoms with Gasteiger partial charge in [0, 0.05) is 25.6 Å². The second-order valence-corrected chi connectivity index (χ2v) is 5.73. The van der Waals surface area contributed by atoms with Crippen molar-refractivity contribution in [3.8, 4) is 0 Å². The largest absolute Gasteiger partial charge is 0.481 e. The minimum Gasteiger partial charge on any atom is -0.481 e. The van der Waals surface area contributed by atoms with Gasteiger partial charge in [-0.15, -0.1) is 0 Å². The van der Waals surface area contributed by atoms with E-state index in [1.165, 1.54) is 0 Å². The van der Waals surface area contributed by atoms with E-state index in [0.717, 1.165) is 19.3 Å². The molecule has 0 spiro atoms. The van der Waals surface area contributed by atoms with Crippen molar-refractivity contribution in [3.63, 3.8) is 0 Å². The van der Waals surface area contributed by atoms with E-state index in [1.807, 2.05) is 6.92 Å². The average molecular weight is 282 g/mol. The van der Waals surface area contributed by atoms with Crippen molar-refractivity contribution in [3.05, 3.63) is 0 Å². The summed E-state index contributed by atoms with van der Waals surface area (Å²) in [5.41, 5.74) is 0. The van der Waals surface area contributed by atoms with E-state index in [0.29, 0.717) is 25.9 Å². The SMILES string of the molecule is CCCC(=O)NC1CCCN(C(=O)C2CC2C(=O)O)C1. The zero-order valence-electron chi connectivity index (χ0n) is 11.8. The fourth-order valence-electron chi connectivity index (χ4n) is 2.80. The molecule has 0 aromatic carbocycles. The van der Waals surface area contributed by atoms with Crippen LogP contribution in [-0.4, -0.2) is 46.9 Å². The Kier molecular flexibility index (Phi) is 4.62. The summed E-state index contributed by atoms with van der Waals surface area (Å²) in [5, 5.41) is 11.8. The summed E-state index contributed by atoms with van der Waals surface area (Å²) in [4.78, 5) is 36.3. The van der Waals surface area contributed by atoms with Crippen LogP contribution in [0, 0.1) is 11.8 Å². The van der Waals surface area contributed by atoms with Crippen LogP contribution in [0.4, 0.5) is 0 Å². The topological polar surface area (TPSA) is 86.7 Å². The van der Waals surface area contributed by atoms with E-state index in [-0.39, 0.29) is 23.8 Å². The van der Waals surface area contributed by atoms with Crippen LogP contribution < -0.4 is 5.32 Å². The fraction of sp³-hybridized carbons (Fsp3) is 0.786. The molecule has 1 aliphatic heterocycles. The minimum absolute atomic E-state index is 0.00813. The molecule has 2 rings (SSSR count). The zero-order valence-corrected chi connectivity index (χ0v) is 11.8. The molecule has 1 heterocycles. The molecule has 6 nitrogen and oxygen atoms in total. The normalized spacial score (nSPS) is 28.9. The number of hydrogen-bond acceptors (Lipinski definition) is 3. The van der Waals surface area contributed by atoms with Gasteiger partial charge >= 0.3 is 5.97 Å². The molecular weight excluding hydrogens is 260 g/mol. The molecule has 1 saturated carbocycles. The number of aliphatic carboxylic acids is 1. The number of nitrogens with one attached hydrogen (secondary N) is 1. The molecule has 0 bridgehead atoms. The van der Waals surface area contributed by atoms with E-state index >= 15 is 0 Å². The van der Waals surface area contributed by atoms with Crippen molar-refractivity contribution < 1.29 is 19.5 Å². The predicted molar refractivity (Wildman–Crippen MR) is 71.9 cm³/mol. The zero-order chi connectivity index (χ0) is 14.7. The first-order valence-corrected chi connectivity index (χ1v) is 7.34. The smallest absolute Gasteiger partial charge is 0.307 e. The quantitative estimate of drug-likeness (QED) is 0.773. The highest BCUT2D eigenvalue weighted by Crippen LogP contribution is 2.40. The first-order valence-electron chi connectivity index (χ1n) is 7.34. The molecule has 6 heteroatoms. The highest BCUT2D eigenvalue weighted by molar-refractivity contribution is 5.89. The molecule has 0 aromatic rings. The van der Waals surface area contributed by atoms with Gasteiger partial charge in [-0.3, -0.25) is 14.4 Å². The van der Waals surface area contributed by atoms with Crippen LogP contribution in [0.15, 0.2) is 0 Å². The Balaban J connectivity index is 1.83. The maximum Gasteiger partial charge on any atom is 0.307 e. The third-order valence-corrected chi connectivity index (χ3v) is 4.00. The van der Waals surface area contributed by atoms with Gasteiger partial charge < -0.3 is 15.3 Å². The maximum atomic E-state index is 12.2. The number of carbonyl (C=O) groups is 3. The van der Waals surface area contributed by atoms with E-state index in [4.69, 9.17) is 5.11 Å². The van der Waals surface area contributed by atoms with Crippen molar-refractivity contribution in [1.29, 1.82) is 0 Å². The van der Waals surface area contributed by atoms with Crippen LogP contribution in [-0.2, 0) is 14.4 Å². The van der Waals surface area contributed by atoms with Gasteiger partial charge in [0.2, 0.25) is 11.8 Å². The fourth-order valence-corrected chi connectivity index (χ4v) is 2.80. The number of carboxylic acids is 1. The van der Waals surface area contributed by atoms with Gasteiger partial charge in [-0.25, -0.2) is 0 Å². The molecule has 0 radical (unpaired) electrons. The summed E-state index contributed by atoms with van der Waals surface area (Å²) in [7, 11) is 0. The number of rotatable bonds is 5. The van der Waals surface area contributed by atoms with Gasteiger partial charge in [-0.2, -0.15) is 0 Å². The van der Waals surface area contributed by atoms with E-state index in [9.17, 15) is 14.4 Å². The first-order chi connectivity index (χ1) is 9.52. The number of amides is 2.